The van der Waals surface area contributed by atoms with Crippen LogP contribution in [0.3, 0.4) is 0 Å². The van der Waals surface area contributed by atoms with Crippen molar-refractivity contribution in [3.8, 4) is 0 Å². The molecule has 4 nitrogen and oxygen atoms in total. The summed E-state index contributed by atoms with van der Waals surface area (Å²) in [5.41, 5.74) is 1.35. The van der Waals surface area contributed by atoms with Gasteiger partial charge in [-0.3, -0.25) is 0 Å². The van der Waals surface area contributed by atoms with Gasteiger partial charge in [-0.15, -0.1) is 0 Å². The van der Waals surface area contributed by atoms with Crippen LogP contribution in [-0.2, 0) is 16.4 Å². The normalized spacial score (nSPS) is 20.8. The van der Waals surface area contributed by atoms with Crippen molar-refractivity contribution in [3.05, 3.63) is 35.9 Å². The number of benzene rings is 1. The Hall–Kier alpha value is -0.910. The Morgan fingerprint density at radius 3 is 2.67 bits per heavy atom. The van der Waals surface area contributed by atoms with E-state index in [0.717, 1.165) is 32.4 Å². The number of hydrogen-bond donors (Lipinski definition) is 0. The summed E-state index contributed by atoms with van der Waals surface area (Å²) in [5, 5.41) is 0. The minimum absolute atomic E-state index is 0.453. The lowest BCUT2D eigenvalue weighted by Crippen LogP contribution is -2.42. The van der Waals surface area contributed by atoms with Gasteiger partial charge in [0.2, 0.25) is 10.0 Å². The first-order valence-electron chi connectivity index (χ1n) is 7.63. The molecule has 0 aliphatic carbocycles. The molecule has 0 spiro atoms. The number of rotatable bonds is 6. The second kappa shape index (κ2) is 7.38. The summed E-state index contributed by atoms with van der Waals surface area (Å²) in [6.45, 7) is 3.34. The standard InChI is InChI=1S/C16H26N2O2S/c1-17(12-10-15-7-4-3-5-8-15)13-16-9-6-11-18(14-16)21(2,19)20/h3-5,7-8,16H,6,9-14H2,1-2H3/t16-/m0/s1. The Morgan fingerprint density at radius 2 is 2.00 bits per heavy atom. The SMILES string of the molecule is CN(CCc1ccccc1)C[C@@H]1CCCN(S(C)(=O)=O)C1. The van der Waals surface area contributed by atoms with Gasteiger partial charge >= 0.3 is 0 Å². The van der Waals surface area contributed by atoms with Crippen LogP contribution in [0, 0.1) is 5.92 Å². The van der Waals surface area contributed by atoms with Gasteiger partial charge in [-0.1, -0.05) is 30.3 Å². The Labute approximate surface area is 128 Å². The smallest absolute Gasteiger partial charge is 0.211 e. The molecule has 21 heavy (non-hydrogen) atoms. The molecule has 0 bridgehead atoms. The van der Waals surface area contributed by atoms with E-state index in [1.54, 1.807) is 4.31 Å². The van der Waals surface area contributed by atoms with Crippen molar-refractivity contribution in [1.29, 1.82) is 0 Å². The average Bonchev–Trinajstić information content (AvgIpc) is 2.46. The first-order valence-corrected chi connectivity index (χ1v) is 9.47. The molecule has 1 heterocycles. The van der Waals surface area contributed by atoms with Crippen molar-refractivity contribution in [1.82, 2.24) is 9.21 Å². The van der Waals surface area contributed by atoms with Gasteiger partial charge in [0.25, 0.3) is 0 Å². The van der Waals surface area contributed by atoms with E-state index in [2.05, 4.69) is 36.2 Å². The van der Waals surface area contributed by atoms with E-state index in [0.29, 0.717) is 19.0 Å². The van der Waals surface area contributed by atoms with E-state index in [1.807, 2.05) is 6.07 Å². The molecule has 0 unspecified atom stereocenters. The van der Waals surface area contributed by atoms with Crippen LogP contribution < -0.4 is 0 Å². The van der Waals surface area contributed by atoms with Crippen molar-refractivity contribution in [3.63, 3.8) is 0 Å². The van der Waals surface area contributed by atoms with Crippen LogP contribution in [0.5, 0.6) is 0 Å². The molecule has 1 atom stereocenters. The molecule has 1 saturated heterocycles. The molecule has 118 valence electrons. The Morgan fingerprint density at radius 1 is 1.29 bits per heavy atom. The largest absolute Gasteiger partial charge is 0.306 e. The summed E-state index contributed by atoms with van der Waals surface area (Å²) >= 11 is 0. The average molecular weight is 310 g/mol. The number of sulfonamides is 1. The predicted molar refractivity (Wildman–Crippen MR) is 86.8 cm³/mol. The Balaban J connectivity index is 1.78. The minimum atomic E-state index is -3.04. The number of hydrogen-bond acceptors (Lipinski definition) is 3. The van der Waals surface area contributed by atoms with Gasteiger partial charge in [-0.2, -0.15) is 0 Å². The van der Waals surface area contributed by atoms with Gasteiger partial charge in [0, 0.05) is 26.2 Å². The van der Waals surface area contributed by atoms with Gasteiger partial charge in [0.05, 0.1) is 6.26 Å². The van der Waals surface area contributed by atoms with E-state index in [4.69, 9.17) is 0 Å². The Bertz CT molecular complexity index is 530. The maximum atomic E-state index is 11.6. The fourth-order valence-electron chi connectivity index (χ4n) is 2.97. The van der Waals surface area contributed by atoms with Crippen LogP contribution in [0.4, 0.5) is 0 Å². The molecule has 1 fully saturated rings. The molecule has 0 N–H and O–H groups in total. The van der Waals surface area contributed by atoms with Crippen molar-refractivity contribution in [2.75, 3.05) is 39.5 Å². The second-order valence-electron chi connectivity index (χ2n) is 6.13. The summed E-state index contributed by atoms with van der Waals surface area (Å²) in [6.07, 6.45) is 4.46. The lowest BCUT2D eigenvalue weighted by atomic mass is 9.99. The van der Waals surface area contributed by atoms with Crippen LogP contribution in [0.2, 0.25) is 0 Å². The number of piperidine rings is 1. The fourth-order valence-corrected chi connectivity index (χ4v) is 3.92. The molecule has 1 aromatic carbocycles. The molecule has 1 aromatic rings. The Kier molecular flexibility index (Phi) is 5.79. The van der Waals surface area contributed by atoms with Crippen LogP contribution in [0.25, 0.3) is 0 Å². The summed E-state index contributed by atoms with van der Waals surface area (Å²) < 4.78 is 24.9. The zero-order valence-electron chi connectivity index (χ0n) is 13.0. The molecular formula is C16H26N2O2S. The number of nitrogens with zero attached hydrogens (tertiary/aromatic N) is 2. The van der Waals surface area contributed by atoms with Gasteiger partial charge in [0.1, 0.15) is 0 Å². The maximum absolute atomic E-state index is 11.6. The topological polar surface area (TPSA) is 40.6 Å². The third kappa shape index (κ3) is 5.41. The summed E-state index contributed by atoms with van der Waals surface area (Å²) in [5.74, 6) is 0.453. The van der Waals surface area contributed by atoms with Crippen LogP contribution in [0.15, 0.2) is 30.3 Å². The third-order valence-corrected chi connectivity index (χ3v) is 5.42. The molecule has 0 saturated carbocycles. The zero-order chi connectivity index (χ0) is 15.3. The first kappa shape index (κ1) is 16.5. The quantitative estimate of drug-likeness (QED) is 0.805. The monoisotopic (exact) mass is 310 g/mol. The lowest BCUT2D eigenvalue weighted by molar-refractivity contribution is 0.202. The first-order chi connectivity index (χ1) is 9.95. The molecule has 2 rings (SSSR count). The van der Waals surface area contributed by atoms with Gasteiger partial charge < -0.3 is 4.90 Å². The van der Waals surface area contributed by atoms with Crippen LogP contribution in [0.1, 0.15) is 18.4 Å². The summed E-state index contributed by atoms with van der Waals surface area (Å²) in [6, 6.07) is 10.5. The minimum Gasteiger partial charge on any atom is -0.306 e. The van der Waals surface area contributed by atoms with E-state index >= 15 is 0 Å². The number of likely N-dealkylation sites (N-methyl/N-ethyl adjacent to an activating group) is 1. The molecule has 0 amide bonds. The van der Waals surface area contributed by atoms with Crippen molar-refractivity contribution in [2.45, 2.75) is 19.3 Å². The van der Waals surface area contributed by atoms with Crippen molar-refractivity contribution < 1.29 is 8.42 Å². The van der Waals surface area contributed by atoms with Crippen molar-refractivity contribution >= 4 is 10.0 Å². The third-order valence-electron chi connectivity index (χ3n) is 4.15. The van der Waals surface area contributed by atoms with Gasteiger partial charge in [0.15, 0.2) is 0 Å². The van der Waals surface area contributed by atoms with E-state index in [9.17, 15) is 8.42 Å². The van der Waals surface area contributed by atoms with E-state index < -0.39 is 10.0 Å². The predicted octanol–water partition coefficient (Wildman–Crippen LogP) is 1.83. The lowest BCUT2D eigenvalue weighted by Gasteiger charge is -2.33. The van der Waals surface area contributed by atoms with Crippen molar-refractivity contribution in [2.24, 2.45) is 5.92 Å². The fraction of sp³-hybridized carbons (Fsp3) is 0.625. The molecule has 0 aromatic heterocycles. The van der Waals surface area contributed by atoms with Gasteiger partial charge in [-0.25, -0.2) is 12.7 Å². The highest BCUT2D eigenvalue weighted by Crippen LogP contribution is 2.19. The molecule has 5 heteroatoms. The van der Waals surface area contributed by atoms with E-state index in [-0.39, 0.29) is 0 Å². The molecule has 1 aliphatic rings. The van der Waals surface area contributed by atoms with Crippen LogP contribution >= 0.6 is 0 Å². The zero-order valence-corrected chi connectivity index (χ0v) is 13.8. The highest BCUT2D eigenvalue weighted by Gasteiger charge is 2.26. The van der Waals surface area contributed by atoms with Crippen LogP contribution in [-0.4, -0.2) is 57.1 Å². The highest BCUT2D eigenvalue weighted by molar-refractivity contribution is 7.88. The second-order valence-corrected chi connectivity index (χ2v) is 8.11. The molecule has 0 radical (unpaired) electrons. The summed E-state index contributed by atoms with van der Waals surface area (Å²) in [7, 11) is -0.908. The van der Waals surface area contributed by atoms with Gasteiger partial charge in [-0.05, 0) is 37.8 Å². The molecule has 1 aliphatic heterocycles. The highest BCUT2D eigenvalue weighted by atomic mass is 32.2. The summed E-state index contributed by atoms with van der Waals surface area (Å²) in [4.78, 5) is 2.32. The van der Waals surface area contributed by atoms with E-state index in [1.165, 1.54) is 11.8 Å². The molecular weight excluding hydrogens is 284 g/mol. The maximum Gasteiger partial charge on any atom is 0.211 e.